The highest BCUT2D eigenvalue weighted by Crippen LogP contribution is 2.38. The Morgan fingerprint density at radius 2 is 1.59 bits per heavy atom. The molecule has 2 aliphatic heterocycles. The quantitative estimate of drug-likeness (QED) is 0.487. The second-order valence-electron chi connectivity index (χ2n) is 6.93. The van der Waals surface area contributed by atoms with Gasteiger partial charge in [-0.15, -0.1) is 0 Å². The molecule has 0 aliphatic carbocycles. The highest BCUT2D eigenvalue weighted by atomic mass is 35.5. The largest absolute Gasteiger partial charge is 0.477 e. The van der Waals surface area contributed by atoms with E-state index in [0.29, 0.717) is 25.2 Å². The molecule has 0 spiro atoms. The Morgan fingerprint density at radius 1 is 1.06 bits per heavy atom. The molecule has 14 heteroatoms. The third-order valence-corrected chi connectivity index (χ3v) is 5.45. The maximum atomic E-state index is 13.2. The van der Waals surface area contributed by atoms with Gasteiger partial charge >= 0.3 is 18.3 Å². The number of aliphatic carboxylic acids is 1. The summed E-state index contributed by atoms with van der Waals surface area (Å²) in [5, 5.41) is 8.50. The van der Waals surface area contributed by atoms with Crippen LogP contribution in [0.1, 0.15) is 16.7 Å². The molecular formula is C18H15Cl2F6N3O3. The van der Waals surface area contributed by atoms with Crippen LogP contribution in [0.5, 0.6) is 0 Å². The molecular weight excluding hydrogens is 491 g/mol. The van der Waals surface area contributed by atoms with E-state index < -0.39 is 58.2 Å². The number of carbonyl (C=O) groups is 1. The van der Waals surface area contributed by atoms with Crippen LogP contribution >= 0.6 is 23.2 Å². The van der Waals surface area contributed by atoms with Crippen molar-refractivity contribution in [2.75, 3.05) is 26.3 Å². The molecule has 1 fully saturated rings. The minimum Gasteiger partial charge on any atom is -0.477 e. The minimum atomic E-state index is -5.03. The minimum absolute atomic E-state index is 0.00824. The molecule has 1 aromatic carbocycles. The molecule has 1 N–H and O–H groups in total. The summed E-state index contributed by atoms with van der Waals surface area (Å²) in [6.07, 6.45) is -11.1. The van der Waals surface area contributed by atoms with E-state index in [9.17, 15) is 36.2 Å². The van der Waals surface area contributed by atoms with Gasteiger partial charge in [-0.05, 0) is 23.8 Å². The molecule has 32 heavy (non-hydrogen) atoms. The van der Waals surface area contributed by atoms with E-state index in [1.165, 1.54) is 0 Å². The van der Waals surface area contributed by atoms with Crippen molar-refractivity contribution in [3.8, 4) is 0 Å². The average Bonchev–Trinajstić information content (AvgIpc) is 2.69. The first kappa shape index (κ1) is 24.6. The molecule has 0 amide bonds. The van der Waals surface area contributed by atoms with Crippen molar-refractivity contribution in [1.82, 2.24) is 9.80 Å². The monoisotopic (exact) mass is 505 g/mol. The number of carboxylic acids is 1. The lowest BCUT2D eigenvalue weighted by atomic mass is 10.0. The van der Waals surface area contributed by atoms with Crippen LogP contribution < -0.4 is 0 Å². The summed E-state index contributed by atoms with van der Waals surface area (Å²) in [6.45, 7) is 0.590. The Morgan fingerprint density at radius 3 is 2.06 bits per heavy atom. The lowest BCUT2D eigenvalue weighted by molar-refractivity contribution is -0.143. The first-order valence-corrected chi connectivity index (χ1v) is 9.78. The van der Waals surface area contributed by atoms with Gasteiger partial charge < -0.3 is 14.7 Å². The van der Waals surface area contributed by atoms with Crippen molar-refractivity contribution in [1.29, 1.82) is 0 Å². The number of morpholine rings is 1. The number of nitrogens with zero attached hydrogens (tertiary/aromatic N) is 3. The molecule has 1 aromatic rings. The van der Waals surface area contributed by atoms with Gasteiger partial charge in [-0.2, -0.15) is 26.3 Å². The SMILES string of the molecule is O=C(O)C1=C(Cl)N(Cc2cc(C(F)(F)F)cc(C(F)(F)F)c2)C(N2CCOCC2)N=C1Cl. The van der Waals surface area contributed by atoms with Crippen molar-refractivity contribution >= 4 is 34.3 Å². The predicted octanol–water partition coefficient (Wildman–Crippen LogP) is 4.33. The Labute approximate surface area is 187 Å². The van der Waals surface area contributed by atoms with Gasteiger partial charge in [-0.1, -0.05) is 23.2 Å². The molecule has 2 heterocycles. The maximum Gasteiger partial charge on any atom is 0.416 e. The molecule has 0 bridgehead atoms. The highest BCUT2D eigenvalue weighted by molar-refractivity contribution is 6.73. The molecule has 2 aliphatic rings. The van der Waals surface area contributed by atoms with Crippen LogP contribution in [-0.4, -0.2) is 58.6 Å². The van der Waals surface area contributed by atoms with Crippen molar-refractivity contribution in [2.24, 2.45) is 4.99 Å². The van der Waals surface area contributed by atoms with Gasteiger partial charge in [-0.3, -0.25) is 4.90 Å². The van der Waals surface area contributed by atoms with Crippen molar-refractivity contribution < 1.29 is 41.0 Å². The summed E-state index contributed by atoms with van der Waals surface area (Å²) in [7, 11) is 0. The average molecular weight is 506 g/mol. The van der Waals surface area contributed by atoms with Crippen LogP contribution in [0, 0.1) is 0 Å². The summed E-state index contributed by atoms with van der Waals surface area (Å²) >= 11 is 12.2. The van der Waals surface area contributed by atoms with Crippen LogP contribution in [0.3, 0.4) is 0 Å². The summed E-state index contributed by atoms with van der Waals surface area (Å²) in [4.78, 5) is 18.4. The number of halogens is 8. The van der Waals surface area contributed by atoms with Gasteiger partial charge in [-0.25, -0.2) is 9.79 Å². The predicted molar refractivity (Wildman–Crippen MR) is 102 cm³/mol. The second kappa shape index (κ2) is 9.08. The number of carboxylic acid groups (broad SMARTS) is 1. The molecule has 1 saturated heterocycles. The number of benzene rings is 1. The zero-order chi connectivity index (χ0) is 23.8. The third-order valence-electron chi connectivity index (χ3n) is 4.76. The molecule has 1 unspecified atom stereocenters. The number of hydrogen-bond donors (Lipinski definition) is 1. The van der Waals surface area contributed by atoms with E-state index in [2.05, 4.69) is 4.99 Å². The smallest absolute Gasteiger partial charge is 0.416 e. The van der Waals surface area contributed by atoms with Gasteiger partial charge in [0.2, 0.25) is 0 Å². The molecule has 1 atom stereocenters. The Balaban J connectivity index is 2.07. The van der Waals surface area contributed by atoms with E-state index >= 15 is 0 Å². The normalized spacial score (nSPS) is 21.1. The Hall–Kier alpha value is -2.02. The first-order valence-electron chi connectivity index (χ1n) is 9.02. The van der Waals surface area contributed by atoms with E-state index in [-0.39, 0.29) is 24.8 Å². The lowest BCUT2D eigenvalue weighted by Gasteiger charge is -2.42. The molecule has 0 aromatic heterocycles. The van der Waals surface area contributed by atoms with E-state index in [1.54, 1.807) is 4.90 Å². The van der Waals surface area contributed by atoms with E-state index in [4.69, 9.17) is 27.9 Å². The molecule has 3 rings (SSSR count). The number of ether oxygens (including phenoxy) is 1. The summed E-state index contributed by atoms with van der Waals surface area (Å²) in [5.74, 6) is -1.55. The number of alkyl halides is 6. The molecule has 0 radical (unpaired) electrons. The van der Waals surface area contributed by atoms with Crippen LogP contribution in [-0.2, 0) is 28.4 Å². The fraction of sp³-hybridized carbons (Fsp3) is 0.444. The van der Waals surface area contributed by atoms with Gasteiger partial charge in [0.15, 0.2) is 6.29 Å². The van der Waals surface area contributed by atoms with Crippen LogP contribution in [0.25, 0.3) is 0 Å². The van der Waals surface area contributed by atoms with Crippen LogP contribution in [0.4, 0.5) is 26.3 Å². The van der Waals surface area contributed by atoms with Crippen molar-refractivity contribution in [2.45, 2.75) is 25.2 Å². The summed E-state index contributed by atoms with van der Waals surface area (Å²) in [5.41, 5.74) is -3.99. The van der Waals surface area contributed by atoms with Crippen molar-refractivity contribution in [3.05, 3.63) is 45.6 Å². The fourth-order valence-corrected chi connectivity index (χ4v) is 3.91. The topological polar surface area (TPSA) is 65.4 Å². The van der Waals surface area contributed by atoms with Crippen LogP contribution in [0.2, 0.25) is 0 Å². The second-order valence-corrected chi connectivity index (χ2v) is 7.64. The van der Waals surface area contributed by atoms with Gasteiger partial charge in [0.25, 0.3) is 0 Å². The molecule has 6 nitrogen and oxygen atoms in total. The zero-order valence-electron chi connectivity index (χ0n) is 16.0. The lowest BCUT2D eigenvalue weighted by Crippen LogP contribution is -2.52. The van der Waals surface area contributed by atoms with Crippen molar-refractivity contribution in [3.63, 3.8) is 0 Å². The number of hydrogen-bond acceptors (Lipinski definition) is 5. The fourth-order valence-electron chi connectivity index (χ4n) is 3.29. The van der Waals surface area contributed by atoms with E-state index in [0.717, 1.165) is 4.90 Å². The summed E-state index contributed by atoms with van der Waals surface area (Å²) in [6, 6.07) is 1.11. The Kier molecular flexibility index (Phi) is 6.99. The zero-order valence-corrected chi connectivity index (χ0v) is 17.5. The van der Waals surface area contributed by atoms with Gasteiger partial charge in [0.1, 0.15) is 15.9 Å². The number of rotatable bonds is 4. The highest BCUT2D eigenvalue weighted by Gasteiger charge is 2.39. The Bertz CT molecular complexity index is 926. The maximum absolute atomic E-state index is 13.2. The summed E-state index contributed by atoms with van der Waals surface area (Å²) < 4.78 is 84.6. The first-order chi connectivity index (χ1) is 14.8. The molecule has 176 valence electrons. The number of aliphatic imine (C=N–C) groups is 1. The standard InChI is InChI=1S/C18H15Cl2F6N3O3/c19-13-12(15(30)31)14(20)29(16(27-13)28-1-3-32-4-2-28)8-9-5-10(17(21,22)23)7-11(6-9)18(24,25)26/h5-7,16H,1-4,8H2,(H,30,31). The van der Waals surface area contributed by atoms with Crippen LogP contribution in [0.15, 0.2) is 33.9 Å². The molecule has 0 saturated carbocycles. The van der Waals surface area contributed by atoms with Gasteiger partial charge in [0, 0.05) is 19.6 Å². The van der Waals surface area contributed by atoms with E-state index in [1.807, 2.05) is 0 Å². The van der Waals surface area contributed by atoms with Gasteiger partial charge in [0.05, 0.1) is 24.3 Å². The third kappa shape index (κ3) is 5.30.